The number of fused-ring (bicyclic) bond motifs is 2. The Bertz CT molecular complexity index is 1020. The SMILES string of the molecule is O=S(=O)(c1ccc(Cl)cc1)N1c2ccccc2C=Cc2ccccc21. The van der Waals surface area contributed by atoms with Gasteiger partial charge in [-0.05, 0) is 47.5 Å². The van der Waals surface area contributed by atoms with Crippen molar-refractivity contribution in [3.8, 4) is 0 Å². The molecule has 0 amide bonds. The van der Waals surface area contributed by atoms with Gasteiger partial charge in [-0.1, -0.05) is 60.2 Å². The van der Waals surface area contributed by atoms with Crippen molar-refractivity contribution in [3.05, 3.63) is 88.9 Å². The molecule has 0 spiro atoms. The van der Waals surface area contributed by atoms with Crippen LogP contribution in [0, 0.1) is 0 Å². The highest BCUT2D eigenvalue weighted by atomic mass is 35.5. The number of anilines is 2. The predicted octanol–water partition coefficient (Wildman–Crippen LogP) is 5.35. The fraction of sp³-hybridized carbons (Fsp3) is 0. The van der Waals surface area contributed by atoms with Crippen molar-refractivity contribution < 1.29 is 8.42 Å². The predicted molar refractivity (Wildman–Crippen MR) is 103 cm³/mol. The van der Waals surface area contributed by atoms with Crippen LogP contribution >= 0.6 is 11.6 Å². The van der Waals surface area contributed by atoms with Gasteiger partial charge in [-0.2, -0.15) is 0 Å². The van der Waals surface area contributed by atoms with Gasteiger partial charge in [0.2, 0.25) is 0 Å². The molecule has 1 aliphatic heterocycles. The Morgan fingerprint density at radius 2 is 1.16 bits per heavy atom. The second-order valence-electron chi connectivity index (χ2n) is 5.67. The fourth-order valence-corrected chi connectivity index (χ4v) is 4.57. The van der Waals surface area contributed by atoms with E-state index < -0.39 is 10.0 Å². The molecule has 124 valence electrons. The van der Waals surface area contributed by atoms with Crippen molar-refractivity contribution in [3.63, 3.8) is 0 Å². The van der Waals surface area contributed by atoms with Gasteiger partial charge in [0.25, 0.3) is 10.0 Å². The molecule has 25 heavy (non-hydrogen) atoms. The molecule has 0 radical (unpaired) electrons. The van der Waals surface area contributed by atoms with E-state index in [1.807, 2.05) is 60.7 Å². The van der Waals surface area contributed by atoms with E-state index in [2.05, 4.69) is 0 Å². The first-order valence-corrected chi connectivity index (χ1v) is 9.56. The van der Waals surface area contributed by atoms with Crippen LogP contribution in [0.15, 0.2) is 77.7 Å². The third-order valence-electron chi connectivity index (χ3n) is 4.11. The summed E-state index contributed by atoms with van der Waals surface area (Å²) in [6.45, 7) is 0. The number of rotatable bonds is 2. The quantitative estimate of drug-likeness (QED) is 0.612. The van der Waals surface area contributed by atoms with Crippen molar-refractivity contribution in [2.75, 3.05) is 4.31 Å². The van der Waals surface area contributed by atoms with Crippen LogP contribution in [0.5, 0.6) is 0 Å². The van der Waals surface area contributed by atoms with Crippen LogP contribution in [-0.2, 0) is 10.0 Å². The first-order valence-electron chi connectivity index (χ1n) is 7.74. The standard InChI is InChI=1S/C20H14ClNO2S/c21-17-11-13-18(14-12-17)25(23,24)22-19-7-3-1-5-15(19)9-10-16-6-2-4-8-20(16)22/h1-14H. The fourth-order valence-electron chi connectivity index (χ4n) is 2.91. The largest absolute Gasteiger partial charge is 0.268 e. The molecule has 0 aliphatic carbocycles. The average Bonchev–Trinajstić information content (AvgIpc) is 2.79. The maximum absolute atomic E-state index is 13.4. The lowest BCUT2D eigenvalue weighted by atomic mass is 10.1. The molecule has 0 bridgehead atoms. The second kappa shape index (κ2) is 6.06. The van der Waals surface area contributed by atoms with Gasteiger partial charge >= 0.3 is 0 Å². The normalized spacial score (nSPS) is 13.1. The molecule has 3 nitrogen and oxygen atoms in total. The molecule has 0 aromatic heterocycles. The lowest BCUT2D eigenvalue weighted by molar-refractivity contribution is 0.596. The molecule has 0 atom stereocenters. The second-order valence-corrected chi connectivity index (χ2v) is 7.90. The number of halogens is 1. The minimum Gasteiger partial charge on any atom is -0.233 e. The zero-order valence-electron chi connectivity index (χ0n) is 13.1. The third-order valence-corrected chi connectivity index (χ3v) is 6.10. The van der Waals surface area contributed by atoms with Crippen molar-refractivity contribution >= 4 is 45.2 Å². The summed E-state index contributed by atoms with van der Waals surface area (Å²) in [6.07, 6.45) is 3.87. The molecule has 0 N–H and O–H groups in total. The van der Waals surface area contributed by atoms with Gasteiger partial charge in [-0.15, -0.1) is 0 Å². The smallest absolute Gasteiger partial charge is 0.233 e. The van der Waals surface area contributed by atoms with E-state index in [0.717, 1.165) is 11.1 Å². The topological polar surface area (TPSA) is 37.4 Å². The van der Waals surface area contributed by atoms with Gasteiger partial charge in [0.1, 0.15) is 0 Å². The summed E-state index contributed by atoms with van der Waals surface area (Å²) in [5.41, 5.74) is 2.93. The Morgan fingerprint density at radius 3 is 1.68 bits per heavy atom. The van der Waals surface area contributed by atoms with Gasteiger partial charge in [0, 0.05) is 5.02 Å². The van der Waals surface area contributed by atoms with Crippen LogP contribution in [0.1, 0.15) is 11.1 Å². The summed E-state index contributed by atoms with van der Waals surface area (Å²) in [6, 6.07) is 21.1. The molecule has 0 saturated heterocycles. The third kappa shape index (κ3) is 2.73. The number of hydrogen-bond donors (Lipinski definition) is 0. The Labute approximate surface area is 151 Å². The van der Waals surface area contributed by atoms with E-state index in [4.69, 9.17) is 11.6 Å². The van der Waals surface area contributed by atoms with Crippen LogP contribution in [-0.4, -0.2) is 8.42 Å². The van der Waals surface area contributed by atoms with Crippen molar-refractivity contribution in [1.82, 2.24) is 0 Å². The zero-order valence-corrected chi connectivity index (χ0v) is 14.7. The van der Waals surface area contributed by atoms with Gasteiger partial charge in [-0.25, -0.2) is 12.7 Å². The Hall–Kier alpha value is -2.56. The lowest BCUT2D eigenvalue weighted by Gasteiger charge is -2.26. The number of sulfonamides is 1. The van der Waals surface area contributed by atoms with E-state index in [-0.39, 0.29) is 4.90 Å². The minimum absolute atomic E-state index is 0.198. The molecule has 3 aromatic carbocycles. The number of benzene rings is 3. The van der Waals surface area contributed by atoms with Gasteiger partial charge in [0.05, 0.1) is 16.3 Å². The molecule has 0 saturated carbocycles. The summed E-state index contributed by atoms with van der Waals surface area (Å²) in [7, 11) is -3.79. The van der Waals surface area contributed by atoms with Crippen molar-refractivity contribution in [2.45, 2.75) is 4.90 Å². The van der Waals surface area contributed by atoms with Gasteiger partial charge in [-0.3, -0.25) is 0 Å². The van der Waals surface area contributed by atoms with Crippen LogP contribution < -0.4 is 4.31 Å². The number of para-hydroxylation sites is 2. The zero-order chi connectivity index (χ0) is 17.4. The van der Waals surface area contributed by atoms with E-state index in [1.54, 1.807) is 12.1 Å². The first kappa shape index (κ1) is 15.9. The molecular weight excluding hydrogens is 354 g/mol. The Morgan fingerprint density at radius 1 is 0.680 bits per heavy atom. The summed E-state index contributed by atoms with van der Waals surface area (Å²) in [5, 5.41) is 0.497. The van der Waals surface area contributed by atoms with Crippen molar-refractivity contribution in [2.24, 2.45) is 0 Å². The van der Waals surface area contributed by atoms with E-state index >= 15 is 0 Å². The lowest BCUT2D eigenvalue weighted by Crippen LogP contribution is -2.27. The Kier molecular flexibility index (Phi) is 3.86. The highest BCUT2D eigenvalue weighted by Gasteiger charge is 2.30. The molecule has 0 unspecified atom stereocenters. The maximum Gasteiger partial charge on any atom is 0.268 e. The van der Waals surface area contributed by atoms with E-state index in [1.165, 1.54) is 16.4 Å². The molecule has 1 aliphatic rings. The van der Waals surface area contributed by atoms with Crippen LogP contribution in [0.2, 0.25) is 5.02 Å². The molecule has 1 heterocycles. The summed E-state index contributed by atoms with van der Waals surface area (Å²) >= 11 is 5.92. The highest BCUT2D eigenvalue weighted by Crippen LogP contribution is 2.40. The number of hydrogen-bond acceptors (Lipinski definition) is 2. The van der Waals surface area contributed by atoms with Crippen LogP contribution in [0.3, 0.4) is 0 Å². The Balaban J connectivity index is 2.00. The summed E-state index contributed by atoms with van der Waals surface area (Å²) in [4.78, 5) is 0.198. The molecular formula is C20H14ClNO2S. The highest BCUT2D eigenvalue weighted by molar-refractivity contribution is 7.93. The van der Waals surface area contributed by atoms with Crippen LogP contribution in [0.25, 0.3) is 12.2 Å². The van der Waals surface area contributed by atoms with E-state index in [9.17, 15) is 8.42 Å². The average molecular weight is 368 g/mol. The maximum atomic E-state index is 13.4. The summed E-state index contributed by atoms with van der Waals surface area (Å²) < 4.78 is 28.3. The molecule has 0 fully saturated rings. The van der Waals surface area contributed by atoms with Crippen LogP contribution in [0.4, 0.5) is 11.4 Å². The molecule has 4 rings (SSSR count). The minimum atomic E-state index is -3.79. The van der Waals surface area contributed by atoms with E-state index in [0.29, 0.717) is 16.4 Å². The van der Waals surface area contributed by atoms with Gasteiger partial charge in [0.15, 0.2) is 0 Å². The monoisotopic (exact) mass is 367 g/mol. The molecule has 5 heteroatoms. The number of nitrogens with zero attached hydrogens (tertiary/aromatic N) is 1. The van der Waals surface area contributed by atoms with Gasteiger partial charge < -0.3 is 0 Å². The first-order chi connectivity index (χ1) is 12.1. The van der Waals surface area contributed by atoms with Crippen molar-refractivity contribution in [1.29, 1.82) is 0 Å². The summed E-state index contributed by atoms with van der Waals surface area (Å²) in [5.74, 6) is 0. The molecule has 3 aromatic rings.